The van der Waals surface area contributed by atoms with E-state index in [2.05, 4.69) is 20.8 Å². The van der Waals surface area contributed by atoms with Gasteiger partial charge in [-0.15, -0.1) is 0 Å². The second kappa shape index (κ2) is 5.99. The number of rotatable bonds is 5. The summed E-state index contributed by atoms with van der Waals surface area (Å²) in [7, 11) is 0. The lowest BCUT2D eigenvalue weighted by atomic mass is 9.71. The summed E-state index contributed by atoms with van der Waals surface area (Å²) in [6, 6.07) is 0. The first-order valence-corrected chi connectivity index (χ1v) is 6.42. The van der Waals surface area contributed by atoms with Gasteiger partial charge in [0.2, 0.25) is 0 Å². The quantitative estimate of drug-likeness (QED) is 0.757. The molecule has 0 amide bonds. The van der Waals surface area contributed by atoms with Gasteiger partial charge in [0.1, 0.15) is 0 Å². The fraction of sp³-hybridized carbons (Fsp3) is 1.00. The van der Waals surface area contributed by atoms with Crippen molar-refractivity contribution in [3.63, 3.8) is 0 Å². The number of ether oxygens (including phenoxy) is 1. The molecule has 0 radical (unpaired) electrons. The average molecular weight is 229 g/mol. The SMILES string of the molecule is CC1CC(OCCC(O)CN)CC(C)(C)C1. The van der Waals surface area contributed by atoms with Gasteiger partial charge in [0, 0.05) is 13.2 Å². The molecule has 96 valence electrons. The molecule has 1 rings (SSSR count). The molecule has 3 unspecified atom stereocenters. The molecule has 3 atom stereocenters. The zero-order chi connectivity index (χ0) is 12.2. The third-order valence-electron chi connectivity index (χ3n) is 3.42. The predicted octanol–water partition coefficient (Wildman–Crippen LogP) is 1.93. The van der Waals surface area contributed by atoms with E-state index in [4.69, 9.17) is 10.5 Å². The molecule has 3 heteroatoms. The smallest absolute Gasteiger partial charge is 0.0684 e. The summed E-state index contributed by atoms with van der Waals surface area (Å²) < 4.78 is 5.85. The second-order valence-corrected chi connectivity index (χ2v) is 6.08. The summed E-state index contributed by atoms with van der Waals surface area (Å²) in [6.07, 6.45) is 4.19. The van der Waals surface area contributed by atoms with Crippen LogP contribution in [0.3, 0.4) is 0 Å². The minimum absolute atomic E-state index is 0.329. The Morgan fingerprint density at radius 2 is 2.12 bits per heavy atom. The van der Waals surface area contributed by atoms with Crippen LogP contribution in [-0.2, 0) is 4.74 Å². The lowest BCUT2D eigenvalue weighted by Gasteiger charge is -2.38. The van der Waals surface area contributed by atoms with Gasteiger partial charge in [-0.25, -0.2) is 0 Å². The average Bonchev–Trinajstić information content (AvgIpc) is 2.14. The molecule has 0 aromatic rings. The van der Waals surface area contributed by atoms with Gasteiger partial charge >= 0.3 is 0 Å². The fourth-order valence-electron chi connectivity index (χ4n) is 2.87. The first-order valence-electron chi connectivity index (χ1n) is 6.42. The van der Waals surface area contributed by atoms with Crippen LogP contribution in [0.4, 0.5) is 0 Å². The van der Waals surface area contributed by atoms with Crippen molar-refractivity contribution in [3.8, 4) is 0 Å². The van der Waals surface area contributed by atoms with Gasteiger partial charge in [0.05, 0.1) is 12.2 Å². The molecular weight excluding hydrogens is 202 g/mol. The predicted molar refractivity (Wildman–Crippen MR) is 66.2 cm³/mol. The lowest BCUT2D eigenvalue weighted by molar-refractivity contribution is -0.0321. The Bertz CT molecular complexity index is 206. The highest BCUT2D eigenvalue weighted by Gasteiger charge is 2.32. The van der Waals surface area contributed by atoms with Crippen molar-refractivity contribution in [2.24, 2.45) is 17.1 Å². The summed E-state index contributed by atoms with van der Waals surface area (Å²) in [5.74, 6) is 0.744. The van der Waals surface area contributed by atoms with Crippen LogP contribution in [0.25, 0.3) is 0 Å². The van der Waals surface area contributed by atoms with Gasteiger partial charge in [-0.3, -0.25) is 0 Å². The van der Waals surface area contributed by atoms with E-state index in [0.717, 1.165) is 18.8 Å². The van der Waals surface area contributed by atoms with Gasteiger partial charge in [-0.2, -0.15) is 0 Å². The topological polar surface area (TPSA) is 55.5 Å². The van der Waals surface area contributed by atoms with Crippen LogP contribution in [0.15, 0.2) is 0 Å². The summed E-state index contributed by atoms with van der Waals surface area (Å²) >= 11 is 0. The Labute approximate surface area is 99.4 Å². The molecule has 3 nitrogen and oxygen atoms in total. The molecular formula is C13H27NO2. The second-order valence-electron chi connectivity index (χ2n) is 6.08. The van der Waals surface area contributed by atoms with Crippen molar-refractivity contribution in [2.45, 2.75) is 58.7 Å². The highest BCUT2D eigenvalue weighted by atomic mass is 16.5. The number of hydrogen-bond donors (Lipinski definition) is 2. The third kappa shape index (κ3) is 4.81. The van der Waals surface area contributed by atoms with E-state index in [0.29, 0.717) is 31.1 Å². The van der Waals surface area contributed by atoms with Crippen molar-refractivity contribution in [1.29, 1.82) is 0 Å². The van der Waals surface area contributed by atoms with Crippen molar-refractivity contribution >= 4 is 0 Å². The monoisotopic (exact) mass is 229 g/mol. The number of aliphatic hydroxyl groups excluding tert-OH is 1. The zero-order valence-electron chi connectivity index (χ0n) is 10.9. The molecule has 1 aliphatic rings. The van der Waals surface area contributed by atoms with Crippen molar-refractivity contribution in [2.75, 3.05) is 13.2 Å². The fourth-order valence-corrected chi connectivity index (χ4v) is 2.87. The van der Waals surface area contributed by atoms with Crippen LogP contribution < -0.4 is 5.73 Å². The minimum Gasteiger partial charge on any atom is -0.392 e. The molecule has 3 N–H and O–H groups in total. The molecule has 0 spiro atoms. The van der Waals surface area contributed by atoms with Gasteiger partial charge < -0.3 is 15.6 Å². The van der Waals surface area contributed by atoms with Gasteiger partial charge in [-0.1, -0.05) is 20.8 Å². The third-order valence-corrected chi connectivity index (χ3v) is 3.42. The van der Waals surface area contributed by atoms with Gasteiger partial charge in [0.25, 0.3) is 0 Å². The summed E-state index contributed by atoms with van der Waals surface area (Å²) in [5, 5.41) is 9.34. The Kier molecular flexibility index (Phi) is 5.22. The van der Waals surface area contributed by atoms with E-state index in [1.165, 1.54) is 6.42 Å². The van der Waals surface area contributed by atoms with Crippen LogP contribution in [0, 0.1) is 11.3 Å². The van der Waals surface area contributed by atoms with E-state index < -0.39 is 6.10 Å². The van der Waals surface area contributed by atoms with Gasteiger partial charge in [0.15, 0.2) is 0 Å². The minimum atomic E-state index is -0.408. The Balaban J connectivity index is 2.26. The van der Waals surface area contributed by atoms with Crippen LogP contribution in [-0.4, -0.2) is 30.5 Å². The normalized spacial score (nSPS) is 31.3. The van der Waals surface area contributed by atoms with E-state index in [-0.39, 0.29) is 0 Å². The maximum Gasteiger partial charge on any atom is 0.0684 e. The van der Waals surface area contributed by atoms with E-state index in [9.17, 15) is 5.11 Å². The molecule has 0 aliphatic heterocycles. The van der Waals surface area contributed by atoms with Crippen LogP contribution in [0.5, 0.6) is 0 Å². The number of hydrogen-bond acceptors (Lipinski definition) is 3. The molecule has 0 aromatic heterocycles. The van der Waals surface area contributed by atoms with Crippen molar-refractivity contribution < 1.29 is 9.84 Å². The Morgan fingerprint density at radius 3 is 2.69 bits per heavy atom. The summed E-state index contributed by atoms with van der Waals surface area (Å²) in [4.78, 5) is 0. The number of nitrogens with two attached hydrogens (primary N) is 1. The zero-order valence-corrected chi connectivity index (χ0v) is 10.9. The lowest BCUT2D eigenvalue weighted by Crippen LogP contribution is -2.33. The first kappa shape index (κ1) is 13.9. The van der Waals surface area contributed by atoms with Crippen molar-refractivity contribution in [3.05, 3.63) is 0 Å². The van der Waals surface area contributed by atoms with Gasteiger partial charge in [-0.05, 0) is 37.0 Å². The highest BCUT2D eigenvalue weighted by Crippen LogP contribution is 2.39. The molecule has 0 heterocycles. The summed E-state index contributed by atoms with van der Waals surface area (Å²) in [5.41, 5.74) is 5.75. The molecule has 1 fully saturated rings. The standard InChI is InChI=1S/C13H27NO2/c1-10-6-12(8-13(2,3)7-10)16-5-4-11(15)9-14/h10-12,15H,4-9,14H2,1-3H3. The Morgan fingerprint density at radius 1 is 1.44 bits per heavy atom. The first-order chi connectivity index (χ1) is 7.43. The Hall–Kier alpha value is -0.120. The molecule has 1 saturated carbocycles. The maximum absolute atomic E-state index is 9.34. The van der Waals surface area contributed by atoms with Crippen LogP contribution in [0.2, 0.25) is 0 Å². The molecule has 16 heavy (non-hydrogen) atoms. The van der Waals surface area contributed by atoms with Crippen molar-refractivity contribution in [1.82, 2.24) is 0 Å². The van der Waals surface area contributed by atoms with E-state index >= 15 is 0 Å². The van der Waals surface area contributed by atoms with Crippen LogP contribution >= 0.6 is 0 Å². The molecule has 1 aliphatic carbocycles. The maximum atomic E-state index is 9.34. The molecule has 0 saturated heterocycles. The summed E-state index contributed by atoms with van der Waals surface area (Å²) in [6.45, 7) is 7.88. The largest absolute Gasteiger partial charge is 0.392 e. The molecule has 0 bridgehead atoms. The number of aliphatic hydroxyl groups is 1. The van der Waals surface area contributed by atoms with E-state index in [1.54, 1.807) is 0 Å². The highest BCUT2D eigenvalue weighted by molar-refractivity contribution is 4.83. The van der Waals surface area contributed by atoms with E-state index in [1.807, 2.05) is 0 Å². The molecule has 0 aromatic carbocycles. The van der Waals surface area contributed by atoms with Crippen LogP contribution in [0.1, 0.15) is 46.5 Å².